The Bertz CT molecular complexity index is 1180. The molecule has 0 saturated carbocycles. The maximum absolute atomic E-state index is 13.9. The van der Waals surface area contributed by atoms with Crippen LogP contribution in [0.5, 0.6) is 5.75 Å². The van der Waals surface area contributed by atoms with Crippen molar-refractivity contribution in [2.24, 2.45) is 0 Å². The van der Waals surface area contributed by atoms with Gasteiger partial charge in [0.05, 0.1) is 18.2 Å². The van der Waals surface area contributed by atoms with Gasteiger partial charge in [0.25, 0.3) is 5.91 Å². The molecule has 1 saturated heterocycles. The van der Waals surface area contributed by atoms with Crippen molar-refractivity contribution >= 4 is 11.7 Å². The molecule has 8 nitrogen and oxygen atoms in total. The molecule has 2 atom stereocenters. The molecular formula is C22H22F3N3O5. The van der Waals surface area contributed by atoms with E-state index < -0.39 is 64.3 Å². The highest BCUT2D eigenvalue weighted by atomic mass is 19.1. The van der Waals surface area contributed by atoms with E-state index in [1.54, 1.807) is 12.1 Å². The van der Waals surface area contributed by atoms with E-state index in [0.717, 1.165) is 0 Å². The molecule has 1 fully saturated rings. The maximum atomic E-state index is 13.9. The standard InChI is InChI=1S/C22H22F3N3O5/c1-26-18-6-3-12(10-33-2)28(18)27-9-14(20(30)21(31)19(27)22(26)32)17(29)5-4-13-15(24)7-11(23)8-16(13)25/h7-9,12,18,31H,3-6,10H2,1-2H3/t12-,18-/m0/s1. The summed E-state index contributed by atoms with van der Waals surface area (Å²) in [7, 11) is 3.09. The highest BCUT2D eigenvalue weighted by molar-refractivity contribution is 6.00. The van der Waals surface area contributed by atoms with Gasteiger partial charge in [0, 0.05) is 44.5 Å². The van der Waals surface area contributed by atoms with E-state index in [0.29, 0.717) is 31.6 Å². The molecule has 11 heteroatoms. The first kappa shape index (κ1) is 22.8. The Balaban J connectivity index is 1.71. The Kier molecular flexibility index (Phi) is 5.91. The van der Waals surface area contributed by atoms with Crippen molar-refractivity contribution in [3.05, 3.63) is 62.8 Å². The summed E-state index contributed by atoms with van der Waals surface area (Å²) in [6.07, 6.45) is 1.23. The molecule has 2 aliphatic heterocycles. The summed E-state index contributed by atoms with van der Waals surface area (Å²) in [6.45, 7) is 0.317. The van der Waals surface area contributed by atoms with Crippen molar-refractivity contribution in [2.75, 3.05) is 25.8 Å². The Morgan fingerprint density at radius 2 is 1.85 bits per heavy atom. The van der Waals surface area contributed by atoms with Crippen LogP contribution in [0.1, 0.15) is 45.7 Å². The third-order valence-corrected chi connectivity index (χ3v) is 6.19. The van der Waals surface area contributed by atoms with Gasteiger partial charge in [-0.1, -0.05) is 0 Å². The van der Waals surface area contributed by atoms with Gasteiger partial charge in [0.2, 0.25) is 5.43 Å². The summed E-state index contributed by atoms with van der Waals surface area (Å²) in [6, 6.07) is 0.837. The quantitative estimate of drug-likeness (QED) is 0.656. The third kappa shape index (κ3) is 3.75. The largest absolute Gasteiger partial charge is 0.502 e. The number of carbonyl (C=O) groups excluding carboxylic acids is 2. The van der Waals surface area contributed by atoms with Crippen molar-refractivity contribution in [3.8, 4) is 5.75 Å². The number of ketones is 1. The van der Waals surface area contributed by atoms with Crippen LogP contribution in [0, 0.1) is 17.5 Å². The number of pyridine rings is 1. The molecule has 0 aliphatic carbocycles. The first-order chi connectivity index (χ1) is 15.6. The molecule has 0 spiro atoms. The second-order valence-corrected chi connectivity index (χ2v) is 8.15. The van der Waals surface area contributed by atoms with Crippen LogP contribution in [0.15, 0.2) is 23.1 Å². The van der Waals surface area contributed by atoms with E-state index in [9.17, 15) is 32.7 Å². The van der Waals surface area contributed by atoms with E-state index >= 15 is 0 Å². The average Bonchev–Trinajstić information content (AvgIpc) is 3.17. The molecule has 1 aromatic heterocycles. The lowest BCUT2D eigenvalue weighted by Gasteiger charge is -2.43. The van der Waals surface area contributed by atoms with Crippen LogP contribution >= 0.6 is 0 Å². The molecule has 0 bridgehead atoms. The zero-order valence-electron chi connectivity index (χ0n) is 18.0. The SMILES string of the molecule is COC[C@@H]1CC[C@H]2N(C)C(=O)c3c(O)c(=O)c(C(=O)CCc4c(F)cc(F)cc4F)cn3N12. The Morgan fingerprint density at radius 1 is 1.18 bits per heavy atom. The Labute approximate surface area is 186 Å². The number of aromatic nitrogens is 1. The molecule has 4 rings (SSSR count). The van der Waals surface area contributed by atoms with Gasteiger partial charge in [0.1, 0.15) is 23.6 Å². The molecule has 2 aliphatic rings. The monoisotopic (exact) mass is 465 g/mol. The number of fused-ring (bicyclic) bond motifs is 3. The van der Waals surface area contributed by atoms with E-state index in [-0.39, 0.29) is 17.9 Å². The zero-order chi connectivity index (χ0) is 24.0. The van der Waals surface area contributed by atoms with Gasteiger partial charge in [-0.15, -0.1) is 0 Å². The highest BCUT2D eigenvalue weighted by Gasteiger charge is 2.45. The summed E-state index contributed by atoms with van der Waals surface area (Å²) < 4.78 is 47.5. The second kappa shape index (κ2) is 8.54. The van der Waals surface area contributed by atoms with Crippen LogP contribution in [0.4, 0.5) is 13.2 Å². The first-order valence-electron chi connectivity index (χ1n) is 10.4. The smallest absolute Gasteiger partial charge is 0.277 e. The summed E-state index contributed by atoms with van der Waals surface area (Å²) in [5.74, 6) is -5.59. The minimum Gasteiger partial charge on any atom is -0.502 e. The van der Waals surface area contributed by atoms with Crippen molar-refractivity contribution in [1.82, 2.24) is 9.58 Å². The van der Waals surface area contributed by atoms with Crippen LogP contribution in [0.2, 0.25) is 0 Å². The molecule has 176 valence electrons. The number of rotatable bonds is 6. The van der Waals surface area contributed by atoms with Gasteiger partial charge < -0.3 is 14.7 Å². The topological polar surface area (TPSA) is 92.1 Å². The lowest BCUT2D eigenvalue weighted by molar-refractivity contribution is 0.0634. The van der Waals surface area contributed by atoms with E-state index in [2.05, 4.69) is 0 Å². The number of amides is 1. The molecule has 1 N–H and O–H groups in total. The number of benzene rings is 1. The number of carbonyl (C=O) groups is 2. The van der Waals surface area contributed by atoms with Gasteiger partial charge in [0.15, 0.2) is 17.2 Å². The summed E-state index contributed by atoms with van der Waals surface area (Å²) in [4.78, 5) is 39.8. The molecule has 1 amide bonds. The number of methoxy groups -OCH3 is 1. The van der Waals surface area contributed by atoms with Gasteiger partial charge in [-0.05, 0) is 19.3 Å². The predicted octanol–water partition coefficient (Wildman–Crippen LogP) is 1.95. The lowest BCUT2D eigenvalue weighted by atomic mass is 10.0. The number of halogens is 3. The number of ether oxygens (including phenoxy) is 1. The Morgan fingerprint density at radius 3 is 2.48 bits per heavy atom. The number of hydrogen-bond acceptors (Lipinski definition) is 6. The molecule has 1 aromatic carbocycles. The normalized spacial score (nSPS) is 19.6. The number of Topliss-reactive ketones (excluding diaryl/α,β-unsaturated/α-hetero) is 1. The van der Waals surface area contributed by atoms with Crippen LogP contribution in [-0.4, -0.2) is 59.3 Å². The summed E-state index contributed by atoms with van der Waals surface area (Å²) in [5, 5.41) is 12.3. The number of hydrogen-bond donors (Lipinski definition) is 1. The van der Waals surface area contributed by atoms with Crippen LogP contribution < -0.4 is 10.4 Å². The third-order valence-electron chi connectivity index (χ3n) is 6.19. The van der Waals surface area contributed by atoms with Gasteiger partial charge in [-0.3, -0.25) is 24.1 Å². The molecule has 3 heterocycles. The average molecular weight is 465 g/mol. The van der Waals surface area contributed by atoms with E-state index in [1.165, 1.54) is 22.9 Å². The second-order valence-electron chi connectivity index (χ2n) is 8.15. The fraction of sp³-hybridized carbons (Fsp3) is 0.409. The van der Waals surface area contributed by atoms with Crippen molar-refractivity contribution < 1.29 is 32.6 Å². The lowest BCUT2D eigenvalue weighted by Crippen LogP contribution is -2.60. The molecule has 0 unspecified atom stereocenters. The van der Waals surface area contributed by atoms with Crippen molar-refractivity contribution in [1.29, 1.82) is 0 Å². The molecule has 0 radical (unpaired) electrons. The maximum Gasteiger partial charge on any atom is 0.277 e. The summed E-state index contributed by atoms with van der Waals surface area (Å²) in [5.41, 5.74) is -2.22. The fourth-order valence-corrected chi connectivity index (χ4v) is 4.55. The fourth-order valence-electron chi connectivity index (χ4n) is 4.55. The van der Waals surface area contributed by atoms with Crippen LogP contribution in [0.3, 0.4) is 0 Å². The van der Waals surface area contributed by atoms with Gasteiger partial charge in [-0.2, -0.15) is 0 Å². The molecule has 2 aromatic rings. The summed E-state index contributed by atoms with van der Waals surface area (Å²) >= 11 is 0. The van der Waals surface area contributed by atoms with Crippen LogP contribution in [-0.2, 0) is 11.2 Å². The number of nitrogens with zero attached hydrogens (tertiary/aromatic N) is 3. The minimum absolute atomic E-state index is 0.179. The van der Waals surface area contributed by atoms with Gasteiger partial charge in [-0.25, -0.2) is 13.2 Å². The molecular weight excluding hydrogens is 443 g/mol. The van der Waals surface area contributed by atoms with Crippen molar-refractivity contribution in [2.45, 2.75) is 37.9 Å². The van der Waals surface area contributed by atoms with E-state index in [4.69, 9.17) is 4.74 Å². The van der Waals surface area contributed by atoms with Crippen LogP contribution in [0.25, 0.3) is 0 Å². The van der Waals surface area contributed by atoms with Gasteiger partial charge >= 0.3 is 0 Å². The number of aromatic hydroxyl groups is 1. The predicted molar refractivity (Wildman–Crippen MR) is 110 cm³/mol. The highest BCUT2D eigenvalue weighted by Crippen LogP contribution is 2.33. The van der Waals surface area contributed by atoms with Crippen molar-refractivity contribution in [3.63, 3.8) is 0 Å². The Hall–Kier alpha value is -3.34. The minimum atomic E-state index is -1.14. The zero-order valence-corrected chi connectivity index (χ0v) is 18.0. The first-order valence-corrected chi connectivity index (χ1v) is 10.4. The molecule has 33 heavy (non-hydrogen) atoms. The van der Waals surface area contributed by atoms with E-state index in [1.807, 2.05) is 0 Å².